The van der Waals surface area contributed by atoms with Gasteiger partial charge in [0.1, 0.15) is 0 Å². The minimum Gasteiger partial charge on any atom is -0.478 e. The number of amides is 1. The highest BCUT2D eigenvalue weighted by Crippen LogP contribution is 2.22. The standard InChI is InChI=1S/C10H6F3N3O3/c11-10(12,13)9(19)15-6-4-14-16-2-1-5(8(17)18)3-7(6)16/h1-4H,(H,15,19)(H,17,18). The number of hydrogen-bond acceptors (Lipinski definition) is 3. The zero-order chi connectivity index (χ0) is 14.2. The molecule has 2 rings (SSSR count). The Labute approximate surface area is 103 Å². The Bertz CT molecular complexity index is 663. The second-order valence-electron chi connectivity index (χ2n) is 3.56. The molecule has 0 radical (unpaired) electrons. The molecule has 2 heterocycles. The number of carbonyl (C=O) groups excluding carboxylic acids is 1. The van der Waals surface area contributed by atoms with Crippen molar-refractivity contribution in [2.75, 3.05) is 5.32 Å². The molecule has 0 atom stereocenters. The Kier molecular flexibility index (Phi) is 2.89. The molecule has 0 fully saturated rings. The molecule has 0 aliphatic carbocycles. The fraction of sp³-hybridized carbons (Fsp3) is 0.100. The average molecular weight is 273 g/mol. The van der Waals surface area contributed by atoms with Crippen LogP contribution in [-0.2, 0) is 4.79 Å². The van der Waals surface area contributed by atoms with Gasteiger partial charge in [0.2, 0.25) is 0 Å². The lowest BCUT2D eigenvalue weighted by Crippen LogP contribution is -2.29. The summed E-state index contributed by atoms with van der Waals surface area (Å²) in [5.41, 5.74) is -0.293. The molecule has 100 valence electrons. The Balaban J connectivity index is 2.41. The number of anilines is 1. The van der Waals surface area contributed by atoms with Crippen molar-refractivity contribution in [1.82, 2.24) is 9.61 Å². The topological polar surface area (TPSA) is 83.7 Å². The first-order valence-electron chi connectivity index (χ1n) is 4.88. The molecule has 2 N–H and O–H groups in total. The molecule has 2 aromatic rings. The largest absolute Gasteiger partial charge is 0.478 e. The second kappa shape index (κ2) is 4.26. The highest BCUT2D eigenvalue weighted by atomic mass is 19.4. The molecule has 0 saturated heterocycles. The Morgan fingerprint density at radius 2 is 2.05 bits per heavy atom. The van der Waals surface area contributed by atoms with Crippen LogP contribution in [0, 0.1) is 0 Å². The van der Waals surface area contributed by atoms with E-state index in [-0.39, 0.29) is 16.8 Å². The molecular weight excluding hydrogens is 267 g/mol. The number of pyridine rings is 1. The number of halogens is 3. The summed E-state index contributed by atoms with van der Waals surface area (Å²) in [5.74, 6) is -3.39. The van der Waals surface area contributed by atoms with Crippen LogP contribution in [0.1, 0.15) is 10.4 Å². The average Bonchev–Trinajstić information content (AvgIpc) is 2.70. The number of carboxylic acids is 1. The van der Waals surface area contributed by atoms with Crippen LogP contribution >= 0.6 is 0 Å². The van der Waals surface area contributed by atoms with Gasteiger partial charge in [0.05, 0.1) is 23.0 Å². The number of nitrogens with zero attached hydrogens (tertiary/aromatic N) is 2. The van der Waals surface area contributed by atoms with Crippen LogP contribution in [0.5, 0.6) is 0 Å². The Hall–Kier alpha value is -2.58. The van der Waals surface area contributed by atoms with Gasteiger partial charge in [-0.3, -0.25) is 4.79 Å². The quantitative estimate of drug-likeness (QED) is 0.869. The van der Waals surface area contributed by atoms with E-state index in [4.69, 9.17) is 5.11 Å². The van der Waals surface area contributed by atoms with Crippen molar-refractivity contribution in [3.63, 3.8) is 0 Å². The molecule has 1 amide bonds. The van der Waals surface area contributed by atoms with Gasteiger partial charge in [0, 0.05) is 6.20 Å². The lowest BCUT2D eigenvalue weighted by molar-refractivity contribution is -0.167. The van der Waals surface area contributed by atoms with E-state index in [1.165, 1.54) is 12.3 Å². The van der Waals surface area contributed by atoms with Gasteiger partial charge < -0.3 is 10.4 Å². The van der Waals surface area contributed by atoms with Gasteiger partial charge in [-0.2, -0.15) is 18.3 Å². The van der Waals surface area contributed by atoms with Gasteiger partial charge >= 0.3 is 18.1 Å². The number of aromatic carboxylic acids is 1. The summed E-state index contributed by atoms with van der Waals surface area (Å²) >= 11 is 0. The first-order valence-corrected chi connectivity index (χ1v) is 4.88. The van der Waals surface area contributed by atoms with Crippen molar-refractivity contribution < 1.29 is 27.9 Å². The molecular formula is C10H6F3N3O3. The number of carbonyl (C=O) groups is 2. The highest BCUT2D eigenvalue weighted by Gasteiger charge is 2.39. The van der Waals surface area contributed by atoms with Crippen molar-refractivity contribution in [1.29, 1.82) is 0 Å². The van der Waals surface area contributed by atoms with Crippen LogP contribution < -0.4 is 5.32 Å². The molecule has 0 aromatic carbocycles. The molecule has 0 bridgehead atoms. The fourth-order valence-electron chi connectivity index (χ4n) is 1.40. The zero-order valence-corrected chi connectivity index (χ0v) is 9.10. The lowest BCUT2D eigenvalue weighted by atomic mass is 10.2. The number of rotatable bonds is 2. The summed E-state index contributed by atoms with van der Waals surface area (Å²) < 4.78 is 37.5. The summed E-state index contributed by atoms with van der Waals surface area (Å²) in [6.07, 6.45) is -2.76. The van der Waals surface area contributed by atoms with Crippen molar-refractivity contribution in [2.45, 2.75) is 6.18 Å². The monoisotopic (exact) mass is 273 g/mol. The third-order valence-corrected chi connectivity index (χ3v) is 2.27. The normalized spacial score (nSPS) is 11.5. The van der Waals surface area contributed by atoms with Crippen molar-refractivity contribution in [3.05, 3.63) is 30.1 Å². The molecule has 0 aliphatic heterocycles. The fourth-order valence-corrected chi connectivity index (χ4v) is 1.40. The van der Waals surface area contributed by atoms with E-state index in [1.54, 1.807) is 5.32 Å². The first-order chi connectivity index (χ1) is 8.79. The number of aromatic nitrogens is 2. The SMILES string of the molecule is O=C(O)c1ccn2ncc(NC(=O)C(F)(F)F)c2c1. The number of nitrogens with one attached hydrogen (secondary N) is 1. The van der Waals surface area contributed by atoms with E-state index in [0.717, 1.165) is 16.8 Å². The predicted molar refractivity (Wildman–Crippen MR) is 56.8 cm³/mol. The third kappa shape index (κ3) is 2.49. The molecule has 0 unspecified atom stereocenters. The van der Waals surface area contributed by atoms with Crippen molar-refractivity contribution >= 4 is 23.1 Å². The summed E-state index contributed by atoms with van der Waals surface area (Å²) in [4.78, 5) is 21.6. The summed E-state index contributed by atoms with van der Waals surface area (Å²) in [6.45, 7) is 0. The van der Waals surface area contributed by atoms with Gasteiger partial charge in [-0.1, -0.05) is 0 Å². The van der Waals surface area contributed by atoms with Gasteiger partial charge in [-0.25, -0.2) is 9.31 Å². The summed E-state index contributed by atoms with van der Waals surface area (Å²) in [7, 11) is 0. The van der Waals surface area contributed by atoms with E-state index in [0.29, 0.717) is 0 Å². The van der Waals surface area contributed by atoms with E-state index in [2.05, 4.69) is 5.10 Å². The van der Waals surface area contributed by atoms with Crippen molar-refractivity contribution in [3.8, 4) is 0 Å². The first kappa shape index (κ1) is 12.9. The number of fused-ring (bicyclic) bond motifs is 1. The third-order valence-electron chi connectivity index (χ3n) is 2.27. The summed E-state index contributed by atoms with van der Waals surface area (Å²) in [6, 6.07) is 2.35. The molecule has 19 heavy (non-hydrogen) atoms. The van der Waals surface area contributed by atoms with E-state index < -0.39 is 18.1 Å². The van der Waals surface area contributed by atoms with Crippen molar-refractivity contribution in [2.24, 2.45) is 0 Å². The molecule has 9 heteroatoms. The zero-order valence-electron chi connectivity index (χ0n) is 9.10. The van der Waals surface area contributed by atoms with Crippen LogP contribution in [0.15, 0.2) is 24.5 Å². The van der Waals surface area contributed by atoms with Gasteiger partial charge in [-0.05, 0) is 12.1 Å². The van der Waals surface area contributed by atoms with Crippen LogP contribution in [0.3, 0.4) is 0 Å². The minimum absolute atomic E-state index is 0.0532. The van der Waals surface area contributed by atoms with Gasteiger partial charge in [-0.15, -0.1) is 0 Å². The Morgan fingerprint density at radius 3 is 2.63 bits per heavy atom. The van der Waals surface area contributed by atoms with Crippen LogP contribution in [0.25, 0.3) is 5.52 Å². The summed E-state index contributed by atoms with van der Waals surface area (Å²) in [5, 5.41) is 14.1. The molecule has 0 saturated carbocycles. The maximum absolute atomic E-state index is 12.1. The van der Waals surface area contributed by atoms with E-state index in [9.17, 15) is 22.8 Å². The number of hydrogen-bond donors (Lipinski definition) is 2. The highest BCUT2D eigenvalue weighted by molar-refractivity contribution is 5.99. The number of alkyl halides is 3. The van der Waals surface area contributed by atoms with Crippen LogP contribution in [-0.4, -0.2) is 32.8 Å². The Morgan fingerprint density at radius 1 is 1.37 bits per heavy atom. The predicted octanol–water partition coefficient (Wildman–Crippen LogP) is 1.53. The molecule has 2 aromatic heterocycles. The molecule has 6 nitrogen and oxygen atoms in total. The maximum atomic E-state index is 12.1. The molecule has 0 aliphatic rings. The lowest BCUT2D eigenvalue weighted by Gasteiger charge is -2.06. The maximum Gasteiger partial charge on any atom is 0.471 e. The van der Waals surface area contributed by atoms with Gasteiger partial charge in [0.25, 0.3) is 0 Å². The smallest absolute Gasteiger partial charge is 0.471 e. The number of carboxylic acid groups (broad SMARTS) is 1. The van der Waals surface area contributed by atoms with Gasteiger partial charge in [0.15, 0.2) is 0 Å². The molecule has 0 spiro atoms. The van der Waals surface area contributed by atoms with Crippen LogP contribution in [0.4, 0.5) is 18.9 Å². The van der Waals surface area contributed by atoms with E-state index >= 15 is 0 Å². The minimum atomic E-state index is -5.03. The van der Waals surface area contributed by atoms with E-state index in [1.807, 2.05) is 0 Å². The van der Waals surface area contributed by atoms with Crippen LogP contribution in [0.2, 0.25) is 0 Å². The second-order valence-corrected chi connectivity index (χ2v) is 3.56.